The zero-order valence-electron chi connectivity index (χ0n) is 13.4. The molecular weight excluding hydrogens is 346 g/mol. The Kier molecular flexibility index (Phi) is 5.78. The zero-order valence-corrected chi connectivity index (χ0v) is 15.1. The summed E-state index contributed by atoms with van der Waals surface area (Å²) in [5.41, 5.74) is 6.19. The number of hydrogen-bond acceptors (Lipinski definition) is 5. The van der Waals surface area contributed by atoms with Gasteiger partial charge in [0.2, 0.25) is 5.91 Å². The van der Waals surface area contributed by atoms with Gasteiger partial charge in [-0.2, -0.15) is 0 Å². The Balaban J connectivity index is 1.45. The van der Waals surface area contributed by atoms with E-state index in [-0.39, 0.29) is 23.5 Å². The van der Waals surface area contributed by atoms with Crippen molar-refractivity contribution in [3.8, 4) is 0 Å². The highest BCUT2D eigenvalue weighted by atomic mass is 32.2. The van der Waals surface area contributed by atoms with Crippen LogP contribution in [0.15, 0.2) is 6.07 Å². The van der Waals surface area contributed by atoms with E-state index in [1.54, 1.807) is 4.90 Å². The molecular formula is C16H21N3O3S2. The average molecular weight is 367 g/mol. The van der Waals surface area contributed by atoms with Gasteiger partial charge in [-0.15, -0.1) is 11.3 Å². The number of carbonyl (C=O) groups excluding carboxylic acids is 3. The molecule has 0 spiro atoms. The van der Waals surface area contributed by atoms with Gasteiger partial charge in [0.05, 0.1) is 4.88 Å². The normalized spacial score (nSPS) is 17.3. The molecule has 0 saturated carbocycles. The van der Waals surface area contributed by atoms with Gasteiger partial charge < -0.3 is 4.90 Å². The van der Waals surface area contributed by atoms with Crippen molar-refractivity contribution >= 4 is 40.2 Å². The molecule has 1 aliphatic heterocycles. The number of nitrogens with one attached hydrogen (secondary N) is 2. The second-order valence-electron chi connectivity index (χ2n) is 5.97. The van der Waals surface area contributed by atoms with E-state index in [1.807, 2.05) is 6.07 Å². The SMILES string of the molecule is O=C(CCN1CCSC1=O)NNC(=O)c1cc2c(s1)CCCCC2. The molecule has 0 atom stereocenters. The molecule has 3 rings (SSSR count). The number of hydrazine groups is 1. The maximum Gasteiger partial charge on any atom is 0.281 e. The Labute approximate surface area is 149 Å². The standard InChI is InChI=1S/C16H21N3O3S2/c20-14(6-7-19-8-9-23-16(19)22)17-18-15(21)13-10-11-4-2-1-3-5-12(11)24-13/h10H,1-9H2,(H,17,20)(H,18,21). The number of thiophene rings is 1. The van der Waals surface area contributed by atoms with Crippen LogP contribution < -0.4 is 10.9 Å². The van der Waals surface area contributed by atoms with Crippen LogP contribution in [-0.2, 0) is 17.6 Å². The molecule has 1 fully saturated rings. The van der Waals surface area contributed by atoms with E-state index >= 15 is 0 Å². The molecule has 2 aliphatic rings. The fourth-order valence-electron chi connectivity index (χ4n) is 2.90. The lowest BCUT2D eigenvalue weighted by Crippen LogP contribution is -2.42. The van der Waals surface area contributed by atoms with Crippen LogP contribution in [0.1, 0.15) is 45.8 Å². The largest absolute Gasteiger partial charge is 0.332 e. The minimum atomic E-state index is -0.286. The highest BCUT2D eigenvalue weighted by Crippen LogP contribution is 2.28. The van der Waals surface area contributed by atoms with Gasteiger partial charge in [-0.3, -0.25) is 25.2 Å². The minimum Gasteiger partial charge on any atom is -0.332 e. The minimum absolute atomic E-state index is 0.0203. The van der Waals surface area contributed by atoms with Crippen LogP contribution in [0.25, 0.3) is 0 Å². The smallest absolute Gasteiger partial charge is 0.281 e. The number of thioether (sulfide) groups is 1. The molecule has 2 N–H and O–H groups in total. The predicted octanol–water partition coefficient (Wildman–Crippen LogP) is 2.34. The molecule has 0 bridgehead atoms. The van der Waals surface area contributed by atoms with E-state index in [2.05, 4.69) is 10.9 Å². The van der Waals surface area contributed by atoms with Crippen LogP contribution in [-0.4, -0.2) is 40.8 Å². The molecule has 1 aromatic rings. The maximum absolute atomic E-state index is 12.2. The van der Waals surface area contributed by atoms with Crippen LogP contribution >= 0.6 is 23.1 Å². The van der Waals surface area contributed by atoms with Gasteiger partial charge in [0.15, 0.2) is 0 Å². The summed E-state index contributed by atoms with van der Waals surface area (Å²) in [5, 5.41) is 0.0203. The van der Waals surface area contributed by atoms with E-state index in [1.165, 1.54) is 52.8 Å². The van der Waals surface area contributed by atoms with Gasteiger partial charge in [-0.1, -0.05) is 18.2 Å². The Hall–Kier alpha value is -1.54. The summed E-state index contributed by atoms with van der Waals surface area (Å²) in [7, 11) is 0. The van der Waals surface area contributed by atoms with E-state index in [0.29, 0.717) is 18.0 Å². The second kappa shape index (κ2) is 8.02. The quantitative estimate of drug-likeness (QED) is 0.632. The number of fused-ring (bicyclic) bond motifs is 1. The molecule has 1 saturated heterocycles. The van der Waals surface area contributed by atoms with Crippen molar-refractivity contribution in [1.29, 1.82) is 0 Å². The fraction of sp³-hybridized carbons (Fsp3) is 0.562. The average Bonchev–Trinajstić information content (AvgIpc) is 3.11. The lowest BCUT2D eigenvalue weighted by atomic mass is 10.1. The van der Waals surface area contributed by atoms with Crippen molar-refractivity contribution in [3.05, 3.63) is 21.4 Å². The summed E-state index contributed by atoms with van der Waals surface area (Å²) >= 11 is 2.80. The number of rotatable bonds is 4. The number of amides is 3. The molecule has 3 amide bonds. The topological polar surface area (TPSA) is 78.5 Å². The summed E-state index contributed by atoms with van der Waals surface area (Å²) in [4.78, 5) is 39.0. The van der Waals surface area contributed by atoms with Gasteiger partial charge in [0, 0.05) is 30.1 Å². The van der Waals surface area contributed by atoms with Crippen LogP contribution in [0, 0.1) is 0 Å². The first-order chi connectivity index (χ1) is 11.6. The predicted molar refractivity (Wildman–Crippen MR) is 95.2 cm³/mol. The Morgan fingerprint density at radius 3 is 2.79 bits per heavy atom. The van der Waals surface area contributed by atoms with Crippen molar-refractivity contribution in [1.82, 2.24) is 15.8 Å². The van der Waals surface area contributed by atoms with E-state index in [0.717, 1.165) is 18.6 Å². The first-order valence-electron chi connectivity index (χ1n) is 8.26. The van der Waals surface area contributed by atoms with Crippen molar-refractivity contribution in [3.63, 3.8) is 0 Å². The van der Waals surface area contributed by atoms with Crippen LogP contribution in [0.5, 0.6) is 0 Å². The zero-order chi connectivity index (χ0) is 16.9. The van der Waals surface area contributed by atoms with Gasteiger partial charge in [0.25, 0.3) is 11.1 Å². The number of carbonyl (C=O) groups is 3. The van der Waals surface area contributed by atoms with E-state index in [4.69, 9.17) is 0 Å². The Morgan fingerprint density at radius 1 is 1.17 bits per heavy atom. The number of aryl methyl sites for hydroxylation is 2. The summed E-state index contributed by atoms with van der Waals surface area (Å²) in [5.74, 6) is 0.223. The fourth-order valence-corrected chi connectivity index (χ4v) is 4.90. The molecule has 0 radical (unpaired) electrons. The molecule has 130 valence electrons. The van der Waals surface area contributed by atoms with Crippen molar-refractivity contribution < 1.29 is 14.4 Å². The van der Waals surface area contributed by atoms with Crippen LogP contribution in [0.3, 0.4) is 0 Å². The first-order valence-corrected chi connectivity index (χ1v) is 10.1. The third kappa shape index (κ3) is 4.30. The summed E-state index contributed by atoms with van der Waals surface area (Å²) in [6.45, 7) is 1.07. The first kappa shape index (κ1) is 17.3. The summed E-state index contributed by atoms with van der Waals surface area (Å²) in [6.07, 6.45) is 5.87. The summed E-state index contributed by atoms with van der Waals surface area (Å²) < 4.78 is 0. The molecule has 1 aromatic heterocycles. The van der Waals surface area contributed by atoms with E-state index in [9.17, 15) is 14.4 Å². The summed E-state index contributed by atoms with van der Waals surface area (Å²) in [6, 6.07) is 1.95. The highest BCUT2D eigenvalue weighted by molar-refractivity contribution is 8.13. The van der Waals surface area contributed by atoms with Crippen LogP contribution in [0.2, 0.25) is 0 Å². The van der Waals surface area contributed by atoms with Crippen molar-refractivity contribution in [2.24, 2.45) is 0 Å². The van der Waals surface area contributed by atoms with Gasteiger partial charge in [-0.05, 0) is 37.3 Å². The van der Waals surface area contributed by atoms with Gasteiger partial charge in [0.1, 0.15) is 0 Å². The highest BCUT2D eigenvalue weighted by Gasteiger charge is 2.21. The number of hydrogen-bond donors (Lipinski definition) is 2. The number of nitrogens with zero attached hydrogens (tertiary/aromatic N) is 1. The second-order valence-corrected chi connectivity index (χ2v) is 8.16. The molecule has 1 aliphatic carbocycles. The lowest BCUT2D eigenvalue weighted by Gasteiger charge is -2.14. The monoisotopic (exact) mass is 367 g/mol. The maximum atomic E-state index is 12.2. The third-order valence-electron chi connectivity index (χ3n) is 4.24. The lowest BCUT2D eigenvalue weighted by molar-refractivity contribution is -0.122. The van der Waals surface area contributed by atoms with Gasteiger partial charge >= 0.3 is 0 Å². The molecule has 2 heterocycles. The molecule has 0 aromatic carbocycles. The Bertz CT molecular complexity index is 621. The third-order valence-corrected chi connectivity index (χ3v) is 6.37. The van der Waals surface area contributed by atoms with Crippen LogP contribution in [0.4, 0.5) is 4.79 Å². The van der Waals surface area contributed by atoms with E-state index < -0.39 is 0 Å². The molecule has 8 heteroatoms. The van der Waals surface area contributed by atoms with Gasteiger partial charge in [-0.25, -0.2) is 0 Å². The van der Waals surface area contributed by atoms with Crippen molar-refractivity contribution in [2.45, 2.75) is 38.5 Å². The molecule has 0 unspecified atom stereocenters. The molecule has 6 nitrogen and oxygen atoms in total. The van der Waals surface area contributed by atoms with Crippen molar-refractivity contribution in [2.75, 3.05) is 18.8 Å². The molecule has 24 heavy (non-hydrogen) atoms. The Morgan fingerprint density at radius 2 is 2.00 bits per heavy atom.